The molecule has 128 valence electrons. The predicted molar refractivity (Wildman–Crippen MR) is 81.8 cm³/mol. The maximum absolute atomic E-state index is 12.4. The van der Waals surface area contributed by atoms with E-state index in [4.69, 9.17) is 9.47 Å². The molecule has 9 nitrogen and oxygen atoms in total. The van der Waals surface area contributed by atoms with Crippen LogP contribution in [0.2, 0.25) is 0 Å². The highest BCUT2D eigenvalue weighted by molar-refractivity contribution is 6.00. The number of amides is 2. The van der Waals surface area contributed by atoms with Crippen molar-refractivity contribution in [2.45, 2.75) is 25.4 Å². The van der Waals surface area contributed by atoms with Gasteiger partial charge < -0.3 is 19.4 Å². The molecule has 2 fully saturated rings. The van der Waals surface area contributed by atoms with Gasteiger partial charge in [-0.15, -0.1) is 0 Å². The second-order valence-electron chi connectivity index (χ2n) is 5.79. The number of fused-ring (bicyclic) bond motifs is 1. The van der Waals surface area contributed by atoms with Crippen LogP contribution in [0.25, 0.3) is 0 Å². The number of nitrogens with one attached hydrogen (secondary N) is 1. The molecule has 0 aliphatic carbocycles. The fourth-order valence-electron chi connectivity index (χ4n) is 3.12. The van der Waals surface area contributed by atoms with Gasteiger partial charge in [-0.05, 0) is 6.42 Å². The average Bonchev–Trinajstić information content (AvgIpc) is 3.08. The number of hydrogen-bond donors (Lipinski definition) is 1. The highest BCUT2D eigenvalue weighted by Crippen LogP contribution is 2.31. The molecule has 0 radical (unpaired) electrons. The quantitative estimate of drug-likeness (QED) is 0.799. The van der Waals surface area contributed by atoms with E-state index < -0.39 is 18.0 Å². The van der Waals surface area contributed by atoms with E-state index in [0.29, 0.717) is 19.6 Å². The molecule has 1 N–H and O–H groups in total. The fraction of sp³-hybridized carbons (Fsp3) is 0.467. The number of nitrogens with zero attached hydrogens (tertiary/aromatic N) is 2. The molecular weight excluding hydrogens is 318 g/mol. The van der Waals surface area contributed by atoms with Crippen LogP contribution in [0.1, 0.15) is 29.7 Å². The zero-order chi connectivity index (χ0) is 17.4. The van der Waals surface area contributed by atoms with E-state index in [0.717, 1.165) is 0 Å². The van der Waals surface area contributed by atoms with E-state index in [1.807, 2.05) is 0 Å². The van der Waals surface area contributed by atoms with E-state index >= 15 is 0 Å². The Morgan fingerprint density at radius 2 is 2.08 bits per heavy atom. The van der Waals surface area contributed by atoms with Gasteiger partial charge in [-0.3, -0.25) is 14.5 Å². The van der Waals surface area contributed by atoms with Gasteiger partial charge in [0.2, 0.25) is 5.91 Å². The van der Waals surface area contributed by atoms with Crippen LogP contribution in [0.3, 0.4) is 0 Å². The minimum Gasteiger partial charge on any atom is -0.465 e. The maximum atomic E-state index is 12.4. The molecule has 0 aromatic carbocycles. The molecule has 2 atom stereocenters. The van der Waals surface area contributed by atoms with E-state index in [1.54, 1.807) is 4.90 Å². The highest BCUT2D eigenvalue weighted by atomic mass is 16.6. The molecule has 24 heavy (non-hydrogen) atoms. The average molecular weight is 335 g/mol. The third kappa shape index (κ3) is 2.72. The van der Waals surface area contributed by atoms with Crippen LogP contribution in [0.5, 0.6) is 0 Å². The molecule has 1 aromatic rings. The van der Waals surface area contributed by atoms with E-state index in [2.05, 4.69) is 5.32 Å². The summed E-state index contributed by atoms with van der Waals surface area (Å²) in [5, 5.41) is 2.46. The minimum atomic E-state index is -0.662. The van der Waals surface area contributed by atoms with Crippen molar-refractivity contribution in [1.82, 2.24) is 9.47 Å². The zero-order valence-corrected chi connectivity index (χ0v) is 13.3. The topological polar surface area (TPSA) is 107 Å². The monoisotopic (exact) mass is 335 g/mol. The minimum absolute atomic E-state index is 0.0639. The molecule has 2 amide bonds. The largest absolute Gasteiger partial charge is 0.465 e. The van der Waals surface area contributed by atoms with Crippen molar-refractivity contribution in [3.8, 4) is 0 Å². The number of aromatic nitrogens is 1. The van der Waals surface area contributed by atoms with E-state index in [-0.39, 0.29) is 28.9 Å². The van der Waals surface area contributed by atoms with Crippen LogP contribution in [-0.4, -0.2) is 53.7 Å². The molecule has 0 saturated carbocycles. The number of rotatable bonds is 3. The Hall–Kier alpha value is -2.84. The Labute approximate surface area is 137 Å². The first-order valence-electron chi connectivity index (χ1n) is 7.46. The van der Waals surface area contributed by atoms with Crippen molar-refractivity contribution in [1.29, 1.82) is 0 Å². The summed E-state index contributed by atoms with van der Waals surface area (Å²) in [6.07, 6.45) is 1.54. The van der Waals surface area contributed by atoms with Crippen LogP contribution in [0.4, 0.5) is 10.5 Å². The first-order chi connectivity index (χ1) is 11.4. The number of esters is 1. The normalized spacial score (nSPS) is 22.1. The fourth-order valence-corrected chi connectivity index (χ4v) is 3.12. The van der Waals surface area contributed by atoms with Crippen molar-refractivity contribution in [2.24, 2.45) is 0 Å². The lowest BCUT2D eigenvalue weighted by Crippen LogP contribution is -2.30. The predicted octanol–water partition coefficient (Wildman–Crippen LogP) is 0.359. The van der Waals surface area contributed by atoms with E-state index in [1.165, 1.54) is 30.9 Å². The summed E-state index contributed by atoms with van der Waals surface area (Å²) in [5.41, 5.74) is -0.179. The summed E-state index contributed by atoms with van der Waals surface area (Å²) in [4.78, 5) is 48.8. The third-order valence-corrected chi connectivity index (χ3v) is 4.22. The Balaban J connectivity index is 1.97. The van der Waals surface area contributed by atoms with Crippen LogP contribution in [0.15, 0.2) is 17.1 Å². The highest BCUT2D eigenvalue weighted by Gasteiger charge is 2.42. The molecule has 2 aliphatic heterocycles. The molecule has 0 spiro atoms. The Morgan fingerprint density at radius 3 is 2.71 bits per heavy atom. The lowest BCUT2D eigenvalue weighted by atomic mass is 10.1. The standard InChI is InChI=1S/C15H17N3O6/c1-8(19)16-12-4-13(20)17(6-11(12)14(21)23-2)9-3-10-7-24-15(22)18(10)5-9/h4,6,9-10H,3,5,7H2,1-2H3,(H,16,19)/t9-,10+/m1/s1. The van der Waals surface area contributed by atoms with Gasteiger partial charge in [0.25, 0.3) is 5.56 Å². The van der Waals surface area contributed by atoms with Gasteiger partial charge in [0.15, 0.2) is 0 Å². The van der Waals surface area contributed by atoms with Gasteiger partial charge in [-0.25, -0.2) is 9.59 Å². The van der Waals surface area contributed by atoms with Gasteiger partial charge in [0, 0.05) is 25.7 Å². The molecule has 1 aromatic heterocycles. The van der Waals surface area contributed by atoms with Crippen LogP contribution in [0, 0.1) is 0 Å². The Bertz CT molecular complexity index is 771. The first kappa shape index (κ1) is 16.0. The summed E-state index contributed by atoms with van der Waals surface area (Å²) in [7, 11) is 1.22. The van der Waals surface area contributed by atoms with Crippen LogP contribution < -0.4 is 10.9 Å². The summed E-state index contributed by atoms with van der Waals surface area (Å²) in [6.45, 7) is 1.92. The summed E-state index contributed by atoms with van der Waals surface area (Å²) >= 11 is 0. The number of methoxy groups -OCH3 is 1. The lowest BCUT2D eigenvalue weighted by Gasteiger charge is -2.17. The number of hydrogen-bond acceptors (Lipinski definition) is 6. The zero-order valence-electron chi connectivity index (χ0n) is 13.3. The van der Waals surface area contributed by atoms with Crippen molar-refractivity contribution in [3.63, 3.8) is 0 Å². The van der Waals surface area contributed by atoms with Crippen molar-refractivity contribution in [2.75, 3.05) is 25.6 Å². The smallest absolute Gasteiger partial charge is 0.410 e. The number of carbonyl (C=O) groups excluding carboxylic acids is 3. The Morgan fingerprint density at radius 1 is 1.33 bits per heavy atom. The summed E-state index contributed by atoms with van der Waals surface area (Å²) < 4.78 is 11.1. The summed E-state index contributed by atoms with van der Waals surface area (Å²) in [5.74, 6) is -1.06. The molecule has 9 heteroatoms. The van der Waals surface area contributed by atoms with E-state index in [9.17, 15) is 19.2 Å². The summed E-state index contributed by atoms with van der Waals surface area (Å²) in [6, 6.07) is 0.867. The van der Waals surface area contributed by atoms with Crippen molar-refractivity contribution >= 4 is 23.7 Å². The number of ether oxygens (including phenoxy) is 2. The SMILES string of the molecule is COC(=O)c1cn([C@@H]2C[C@H]3COC(=O)N3C2)c(=O)cc1NC(C)=O. The molecule has 0 bridgehead atoms. The second kappa shape index (κ2) is 5.99. The lowest BCUT2D eigenvalue weighted by molar-refractivity contribution is -0.114. The second-order valence-corrected chi connectivity index (χ2v) is 5.79. The van der Waals surface area contributed by atoms with Gasteiger partial charge in [-0.2, -0.15) is 0 Å². The molecule has 0 unspecified atom stereocenters. The number of pyridine rings is 1. The third-order valence-electron chi connectivity index (χ3n) is 4.22. The maximum Gasteiger partial charge on any atom is 0.410 e. The van der Waals surface area contributed by atoms with Gasteiger partial charge in [0.05, 0.1) is 30.4 Å². The Kier molecular flexibility index (Phi) is 4.00. The van der Waals surface area contributed by atoms with Crippen molar-refractivity contribution in [3.05, 3.63) is 28.2 Å². The molecule has 2 saturated heterocycles. The van der Waals surface area contributed by atoms with Gasteiger partial charge in [-0.1, -0.05) is 0 Å². The van der Waals surface area contributed by atoms with Gasteiger partial charge in [0.1, 0.15) is 6.61 Å². The van der Waals surface area contributed by atoms with Crippen molar-refractivity contribution < 1.29 is 23.9 Å². The molecular formula is C15H17N3O6. The number of carbonyl (C=O) groups is 3. The number of cyclic esters (lactones) is 1. The van der Waals surface area contributed by atoms with Crippen LogP contribution >= 0.6 is 0 Å². The molecule has 2 aliphatic rings. The molecule has 3 heterocycles. The number of anilines is 1. The molecule has 3 rings (SSSR count). The first-order valence-corrected chi connectivity index (χ1v) is 7.46. The van der Waals surface area contributed by atoms with Gasteiger partial charge >= 0.3 is 12.1 Å². The van der Waals surface area contributed by atoms with Crippen LogP contribution in [-0.2, 0) is 14.3 Å².